The molecular weight excluding hydrogens is 451 g/mol. The van der Waals surface area contributed by atoms with E-state index in [0.29, 0.717) is 30.6 Å². The van der Waals surface area contributed by atoms with E-state index in [9.17, 15) is 22.7 Å². The van der Waals surface area contributed by atoms with Crippen LogP contribution in [0.2, 0.25) is 0 Å². The molecule has 1 saturated carbocycles. The van der Waals surface area contributed by atoms with E-state index < -0.39 is 34.1 Å². The zero-order chi connectivity index (χ0) is 23.9. The predicted molar refractivity (Wildman–Crippen MR) is 127 cm³/mol. The number of nitrogens with one attached hydrogen (secondary N) is 2. The molecule has 3 N–H and O–H groups in total. The Hall–Kier alpha value is -1.16. The molecule has 0 spiro atoms. The van der Waals surface area contributed by atoms with Gasteiger partial charge in [-0.3, -0.25) is 4.79 Å². The number of aliphatic hydroxyl groups is 1. The summed E-state index contributed by atoms with van der Waals surface area (Å²) >= 11 is 1.26. The van der Waals surface area contributed by atoms with Crippen molar-refractivity contribution < 1.29 is 22.7 Å². The summed E-state index contributed by atoms with van der Waals surface area (Å²) in [5.74, 6) is 0.915. The Balaban J connectivity index is 2.01. The van der Waals surface area contributed by atoms with Crippen molar-refractivity contribution in [1.82, 2.24) is 10.0 Å². The molecule has 9 heteroatoms. The maximum absolute atomic E-state index is 13.1. The first-order valence-electron chi connectivity index (χ1n) is 11.3. The fourth-order valence-electron chi connectivity index (χ4n) is 4.34. The smallest absolute Gasteiger partial charge is 0.239 e. The lowest BCUT2D eigenvalue weighted by Crippen LogP contribution is -2.53. The van der Waals surface area contributed by atoms with Crippen molar-refractivity contribution >= 4 is 27.7 Å². The Bertz CT molecular complexity index is 835. The zero-order valence-corrected chi connectivity index (χ0v) is 21.0. The second kappa shape index (κ2) is 12.3. The largest absolute Gasteiger partial charge is 0.391 e. The van der Waals surface area contributed by atoms with Crippen molar-refractivity contribution in [2.45, 2.75) is 76.0 Å². The van der Waals surface area contributed by atoms with Gasteiger partial charge in [-0.05, 0) is 61.3 Å². The Morgan fingerprint density at radius 2 is 1.91 bits per heavy atom. The molecule has 0 aromatic heterocycles. The minimum absolute atomic E-state index is 0.147. The lowest BCUT2D eigenvalue weighted by atomic mass is 9.73. The SMILES string of the molecule is CCC(NC(=O)C(CSc1ccc(F)cc1)NS(C)(=O)=O)C(O)CC1CC(C)CCC1C. The van der Waals surface area contributed by atoms with E-state index in [4.69, 9.17) is 0 Å². The molecule has 1 amide bonds. The third kappa shape index (κ3) is 9.00. The molecule has 0 aliphatic heterocycles. The number of benzene rings is 1. The minimum atomic E-state index is -3.63. The molecule has 0 bridgehead atoms. The maximum Gasteiger partial charge on any atom is 0.239 e. The number of halogens is 1. The first kappa shape index (κ1) is 27.1. The van der Waals surface area contributed by atoms with Gasteiger partial charge in [0.25, 0.3) is 0 Å². The molecule has 0 saturated heterocycles. The third-order valence-corrected chi connectivity index (χ3v) is 8.12. The Morgan fingerprint density at radius 1 is 1.25 bits per heavy atom. The Kier molecular flexibility index (Phi) is 10.4. The van der Waals surface area contributed by atoms with Gasteiger partial charge in [-0.25, -0.2) is 17.5 Å². The molecule has 182 valence electrons. The molecule has 0 heterocycles. The lowest BCUT2D eigenvalue weighted by molar-refractivity contribution is -0.124. The van der Waals surface area contributed by atoms with Gasteiger partial charge in [0.05, 0.1) is 18.4 Å². The summed E-state index contributed by atoms with van der Waals surface area (Å²) in [6, 6.07) is 4.35. The number of rotatable bonds is 11. The first-order chi connectivity index (χ1) is 15.0. The Morgan fingerprint density at radius 3 is 2.50 bits per heavy atom. The van der Waals surface area contributed by atoms with Crippen LogP contribution in [0, 0.1) is 23.6 Å². The highest BCUT2D eigenvalue weighted by Crippen LogP contribution is 2.36. The zero-order valence-electron chi connectivity index (χ0n) is 19.4. The van der Waals surface area contributed by atoms with E-state index in [1.165, 1.54) is 30.3 Å². The molecule has 1 aliphatic rings. The van der Waals surface area contributed by atoms with Crippen molar-refractivity contribution in [3.05, 3.63) is 30.1 Å². The van der Waals surface area contributed by atoms with Gasteiger partial charge in [0, 0.05) is 10.6 Å². The molecular formula is C23H37FN2O4S2. The molecule has 0 radical (unpaired) electrons. The number of hydrogen-bond acceptors (Lipinski definition) is 5. The summed E-state index contributed by atoms with van der Waals surface area (Å²) in [5.41, 5.74) is 0. The van der Waals surface area contributed by atoms with E-state index in [0.717, 1.165) is 24.0 Å². The van der Waals surface area contributed by atoms with Gasteiger partial charge in [0.2, 0.25) is 15.9 Å². The molecule has 6 unspecified atom stereocenters. The van der Waals surface area contributed by atoms with Gasteiger partial charge in [0.15, 0.2) is 0 Å². The molecule has 2 rings (SSSR count). The number of carbonyl (C=O) groups excluding carboxylic acids is 1. The lowest BCUT2D eigenvalue weighted by Gasteiger charge is -2.36. The highest BCUT2D eigenvalue weighted by Gasteiger charge is 2.31. The summed E-state index contributed by atoms with van der Waals surface area (Å²) in [7, 11) is -3.63. The molecule has 1 aromatic rings. The van der Waals surface area contributed by atoms with Crippen LogP contribution in [0.25, 0.3) is 0 Å². The topological polar surface area (TPSA) is 95.5 Å². The van der Waals surface area contributed by atoms with Gasteiger partial charge < -0.3 is 10.4 Å². The van der Waals surface area contributed by atoms with Gasteiger partial charge in [-0.1, -0.05) is 33.6 Å². The third-order valence-electron chi connectivity index (χ3n) is 6.30. The summed E-state index contributed by atoms with van der Waals surface area (Å²) in [5, 5.41) is 13.7. The van der Waals surface area contributed by atoms with Crippen LogP contribution >= 0.6 is 11.8 Å². The maximum atomic E-state index is 13.1. The molecule has 6 nitrogen and oxygen atoms in total. The highest BCUT2D eigenvalue weighted by molar-refractivity contribution is 7.99. The normalized spacial score (nSPS) is 24.5. The van der Waals surface area contributed by atoms with Gasteiger partial charge >= 0.3 is 0 Å². The first-order valence-corrected chi connectivity index (χ1v) is 14.2. The molecule has 32 heavy (non-hydrogen) atoms. The second-order valence-corrected chi connectivity index (χ2v) is 12.1. The van der Waals surface area contributed by atoms with Crippen LogP contribution in [0.4, 0.5) is 4.39 Å². The fraction of sp³-hybridized carbons (Fsp3) is 0.696. The van der Waals surface area contributed by atoms with E-state index in [1.54, 1.807) is 12.1 Å². The van der Waals surface area contributed by atoms with Gasteiger partial charge in [0.1, 0.15) is 11.9 Å². The second-order valence-electron chi connectivity index (χ2n) is 9.19. The van der Waals surface area contributed by atoms with Crippen LogP contribution in [-0.4, -0.2) is 49.6 Å². The summed E-state index contributed by atoms with van der Waals surface area (Å²) < 4.78 is 39.1. The highest BCUT2D eigenvalue weighted by atomic mass is 32.2. The van der Waals surface area contributed by atoms with Crippen molar-refractivity contribution in [1.29, 1.82) is 0 Å². The summed E-state index contributed by atoms with van der Waals surface area (Å²) in [6.07, 6.45) is 4.93. The average Bonchev–Trinajstić information content (AvgIpc) is 2.72. The van der Waals surface area contributed by atoms with Crippen molar-refractivity contribution in [2.75, 3.05) is 12.0 Å². The molecule has 6 atom stereocenters. The molecule has 1 aliphatic carbocycles. The van der Waals surface area contributed by atoms with Crippen molar-refractivity contribution in [2.24, 2.45) is 17.8 Å². The van der Waals surface area contributed by atoms with Gasteiger partial charge in [-0.15, -0.1) is 11.8 Å². The number of thioether (sulfide) groups is 1. The predicted octanol–water partition coefficient (Wildman–Crippen LogP) is 3.55. The van der Waals surface area contributed by atoms with E-state index in [-0.39, 0.29) is 11.6 Å². The van der Waals surface area contributed by atoms with Crippen LogP contribution < -0.4 is 10.0 Å². The van der Waals surface area contributed by atoms with E-state index >= 15 is 0 Å². The quantitative estimate of drug-likeness (QED) is 0.414. The molecule has 1 aromatic carbocycles. The number of carbonyl (C=O) groups is 1. The average molecular weight is 489 g/mol. The number of amides is 1. The minimum Gasteiger partial charge on any atom is -0.391 e. The summed E-state index contributed by atoms with van der Waals surface area (Å²) in [4.78, 5) is 13.7. The van der Waals surface area contributed by atoms with Gasteiger partial charge in [-0.2, -0.15) is 0 Å². The van der Waals surface area contributed by atoms with Crippen LogP contribution in [0.15, 0.2) is 29.2 Å². The van der Waals surface area contributed by atoms with Crippen LogP contribution in [0.1, 0.15) is 52.9 Å². The van der Waals surface area contributed by atoms with Crippen molar-refractivity contribution in [3.8, 4) is 0 Å². The Labute approximate surface area is 196 Å². The number of hydrogen-bond donors (Lipinski definition) is 3. The number of sulfonamides is 1. The van der Waals surface area contributed by atoms with E-state index in [2.05, 4.69) is 23.9 Å². The van der Waals surface area contributed by atoms with E-state index in [1.807, 2.05) is 6.92 Å². The number of aliphatic hydroxyl groups excluding tert-OH is 1. The molecule has 1 fully saturated rings. The van der Waals surface area contributed by atoms with Crippen molar-refractivity contribution in [3.63, 3.8) is 0 Å². The van der Waals surface area contributed by atoms with Crippen LogP contribution in [-0.2, 0) is 14.8 Å². The van der Waals surface area contributed by atoms with Crippen LogP contribution in [0.5, 0.6) is 0 Å². The van der Waals surface area contributed by atoms with Crippen LogP contribution in [0.3, 0.4) is 0 Å². The summed E-state index contributed by atoms with van der Waals surface area (Å²) in [6.45, 7) is 6.36. The fourth-order valence-corrected chi connectivity index (χ4v) is 6.07. The standard InChI is InChI=1S/C23H37FN2O4S2/c1-5-20(22(27)13-17-12-15(2)6-7-16(17)3)25-23(28)21(26-32(4,29)30)14-31-19-10-8-18(24)9-11-19/h8-11,15-17,20-22,26-27H,5-7,12-14H2,1-4H3,(H,25,28). The monoisotopic (exact) mass is 488 g/mol.